The van der Waals surface area contributed by atoms with Crippen molar-refractivity contribution in [1.29, 1.82) is 0 Å². The van der Waals surface area contributed by atoms with Gasteiger partial charge in [0.15, 0.2) is 0 Å². The van der Waals surface area contributed by atoms with Crippen LogP contribution < -0.4 is 0 Å². The van der Waals surface area contributed by atoms with E-state index >= 15 is 0 Å². The van der Waals surface area contributed by atoms with E-state index < -0.39 is 11.5 Å². The van der Waals surface area contributed by atoms with Crippen LogP contribution in [0.25, 0.3) is 0 Å². The van der Waals surface area contributed by atoms with Crippen molar-refractivity contribution in [3.8, 4) is 0 Å². The molecule has 2 saturated carbocycles. The highest BCUT2D eigenvalue weighted by molar-refractivity contribution is 5.79. The van der Waals surface area contributed by atoms with Crippen LogP contribution in [0.1, 0.15) is 64.2 Å². The summed E-state index contributed by atoms with van der Waals surface area (Å²) in [6, 6.07) is 0. The quantitative estimate of drug-likeness (QED) is 0.820. The Morgan fingerprint density at radius 2 is 1.33 bits per heavy atom. The molecule has 102 valence electrons. The van der Waals surface area contributed by atoms with Gasteiger partial charge in [0.05, 0.1) is 0 Å². The van der Waals surface area contributed by atoms with Gasteiger partial charge in [-0.05, 0) is 31.1 Å². The Labute approximate surface area is 110 Å². The highest BCUT2D eigenvalue weighted by atomic mass is 16.4. The van der Waals surface area contributed by atoms with Crippen molar-refractivity contribution in [3.63, 3.8) is 0 Å². The Bertz CT molecular complexity index is 319. The lowest BCUT2D eigenvalue weighted by molar-refractivity contribution is -0.170. The number of hydrogen-bond acceptors (Lipinski definition) is 2. The number of carboxylic acid groups (broad SMARTS) is 1. The molecule has 0 radical (unpaired) electrons. The highest BCUT2D eigenvalue weighted by Crippen LogP contribution is 2.49. The van der Waals surface area contributed by atoms with Crippen molar-refractivity contribution in [3.05, 3.63) is 0 Å². The van der Waals surface area contributed by atoms with Crippen LogP contribution in [0.2, 0.25) is 0 Å². The fraction of sp³-hybridized carbons (Fsp3) is 0.933. The first kappa shape index (κ1) is 12.5. The summed E-state index contributed by atoms with van der Waals surface area (Å²) in [5, 5.41) is 9.67. The molecular formula is C15H25NO2. The van der Waals surface area contributed by atoms with E-state index in [1.807, 2.05) is 0 Å². The molecule has 3 aliphatic rings. The summed E-state index contributed by atoms with van der Waals surface area (Å²) in [5.41, 5.74) is -0.000899. The Hall–Kier alpha value is -0.570. The molecule has 0 atom stereocenters. The lowest BCUT2D eigenvalue weighted by Crippen LogP contribution is -2.68. The predicted octanol–water partition coefficient (Wildman–Crippen LogP) is 3.04. The number of hydrogen-bond donors (Lipinski definition) is 1. The third-order valence-electron chi connectivity index (χ3n) is 5.65. The lowest BCUT2D eigenvalue weighted by Gasteiger charge is -2.59. The molecule has 3 rings (SSSR count). The first-order valence-corrected chi connectivity index (χ1v) is 7.66. The zero-order valence-electron chi connectivity index (χ0n) is 11.3. The number of carboxylic acids is 1. The van der Waals surface area contributed by atoms with Crippen LogP contribution in [0.3, 0.4) is 0 Å². The summed E-state index contributed by atoms with van der Waals surface area (Å²) >= 11 is 0. The van der Waals surface area contributed by atoms with E-state index in [1.165, 1.54) is 38.5 Å². The maximum Gasteiger partial charge on any atom is 0.324 e. The van der Waals surface area contributed by atoms with Gasteiger partial charge in [-0.3, -0.25) is 9.69 Å². The van der Waals surface area contributed by atoms with E-state index in [4.69, 9.17) is 0 Å². The van der Waals surface area contributed by atoms with Gasteiger partial charge in [0.2, 0.25) is 0 Å². The normalized spacial score (nSPS) is 30.9. The van der Waals surface area contributed by atoms with Crippen molar-refractivity contribution < 1.29 is 9.90 Å². The van der Waals surface area contributed by atoms with Gasteiger partial charge in [0, 0.05) is 13.1 Å². The number of rotatable bonds is 2. The van der Waals surface area contributed by atoms with Crippen LogP contribution in [0.4, 0.5) is 0 Å². The minimum absolute atomic E-state index is 0.498. The summed E-state index contributed by atoms with van der Waals surface area (Å²) in [6.45, 7) is 2.11. The molecule has 0 aromatic rings. The van der Waals surface area contributed by atoms with Crippen LogP contribution in [-0.4, -0.2) is 34.6 Å². The molecule has 1 heterocycles. The molecule has 0 amide bonds. The van der Waals surface area contributed by atoms with Crippen LogP contribution in [0, 0.1) is 5.41 Å². The summed E-state index contributed by atoms with van der Waals surface area (Å²) in [5.74, 6) is -0.562. The van der Waals surface area contributed by atoms with Crippen molar-refractivity contribution in [1.82, 2.24) is 4.90 Å². The Morgan fingerprint density at radius 1 is 0.833 bits per heavy atom. The van der Waals surface area contributed by atoms with Crippen LogP contribution in [0.5, 0.6) is 0 Å². The van der Waals surface area contributed by atoms with E-state index in [1.54, 1.807) is 0 Å². The van der Waals surface area contributed by atoms with Crippen LogP contribution in [-0.2, 0) is 4.79 Å². The zero-order valence-corrected chi connectivity index (χ0v) is 11.3. The molecule has 3 nitrogen and oxygen atoms in total. The molecule has 1 spiro atoms. The Morgan fingerprint density at radius 3 is 1.83 bits per heavy atom. The second kappa shape index (κ2) is 4.52. The molecule has 0 unspecified atom stereocenters. The van der Waals surface area contributed by atoms with Gasteiger partial charge in [-0.1, -0.05) is 38.5 Å². The smallest absolute Gasteiger partial charge is 0.324 e. The van der Waals surface area contributed by atoms with E-state index in [9.17, 15) is 9.90 Å². The molecular weight excluding hydrogens is 226 g/mol. The van der Waals surface area contributed by atoms with Gasteiger partial charge in [0.25, 0.3) is 0 Å². The van der Waals surface area contributed by atoms with Gasteiger partial charge >= 0.3 is 5.97 Å². The first-order chi connectivity index (χ1) is 8.67. The van der Waals surface area contributed by atoms with E-state index in [2.05, 4.69) is 4.90 Å². The monoisotopic (exact) mass is 251 g/mol. The predicted molar refractivity (Wildman–Crippen MR) is 70.5 cm³/mol. The average molecular weight is 251 g/mol. The van der Waals surface area contributed by atoms with E-state index in [-0.39, 0.29) is 0 Å². The maximum absolute atomic E-state index is 11.7. The molecule has 2 aliphatic carbocycles. The highest BCUT2D eigenvalue weighted by Gasteiger charge is 2.54. The number of aliphatic carboxylic acids is 1. The van der Waals surface area contributed by atoms with Gasteiger partial charge in [-0.15, -0.1) is 0 Å². The fourth-order valence-corrected chi connectivity index (χ4v) is 4.49. The van der Waals surface area contributed by atoms with Crippen LogP contribution in [0.15, 0.2) is 0 Å². The lowest BCUT2D eigenvalue weighted by atomic mass is 9.65. The largest absolute Gasteiger partial charge is 0.480 e. The number of nitrogens with zero attached hydrogens (tertiary/aromatic N) is 1. The average Bonchev–Trinajstić information content (AvgIpc) is 2.37. The first-order valence-electron chi connectivity index (χ1n) is 7.66. The van der Waals surface area contributed by atoms with Gasteiger partial charge in [-0.2, -0.15) is 0 Å². The molecule has 1 aliphatic heterocycles. The molecule has 0 aromatic heterocycles. The zero-order chi connectivity index (χ0) is 12.6. The summed E-state index contributed by atoms with van der Waals surface area (Å²) in [6.07, 6.45) is 11.9. The van der Waals surface area contributed by atoms with Gasteiger partial charge < -0.3 is 5.11 Å². The summed E-state index contributed by atoms with van der Waals surface area (Å²) < 4.78 is 0. The van der Waals surface area contributed by atoms with Gasteiger partial charge in [0.1, 0.15) is 5.54 Å². The fourth-order valence-electron chi connectivity index (χ4n) is 4.49. The van der Waals surface area contributed by atoms with Crippen molar-refractivity contribution >= 4 is 5.97 Å². The summed E-state index contributed by atoms with van der Waals surface area (Å²) in [4.78, 5) is 14.0. The van der Waals surface area contributed by atoms with E-state index in [0.717, 1.165) is 38.8 Å². The topological polar surface area (TPSA) is 40.5 Å². The minimum atomic E-state index is -0.562. The molecule has 3 fully saturated rings. The summed E-state index contributed by atoms with van der Waals surface area (Å²) in [7, 11) is 0. The number of carbonyl (C=O) groups is 1. The SMILES string of the molecule is O=C(O)C1(N2CC3(CCCCC3)C2)CCCCC1. The van der Waals surface area contributed by atoms with Crippen molar-refractivity contribution in [2.45, 2.75) is 69.7 Å². The van der Waals surface area contributed by atoms with E-state index in [0.29, 0.717) is 5.41 Å². The maximum atomic E-state index is 11.7. The van der Waals surface area contributed by atoms with Gasteiger partial charge in [-0.25, -0.2) is 0 Å². The third-order valence-corrected chi connectivity index (χ3v) is 5.65. The molecule has 18 heavy (non-hydrogen) atoms. The molecule has 1 N–H and O–H groups in total. The second-order valence-electron chi connectivity index (χ2n) is 6.81. The minimum Gasteiger partial charge on any atom is -0.480 e. The molecule has 3 heteroatoms. The molecule has 0 bridgehead atoms. The van der Waals surface area contributed by atoms with Crippen molar-refractivity contribution in [2.75, 3.05) is 13.1 Å². The standard InChI is InChI=1S/C15H25NO2/c17-13(18)15(9-5-2-6-10-15)16-11-14(12-16)7-3-1-4-8-14/h1-12H2,(H,17,18). The Balaban J connectivity index is 1.69. The number of likely N-dealkylation sites (tertiary alicyclic amines) is 1. The third kappa shape index (κ3) is 1.87. The second-order valence-corrected chi connectivity index (χ2v) is 6.81. The van der Waals surface area contributed by atoms with Crippen LogP contribution >= 0.6 is 0 Å². The molecule has 0 aromatic carbocycles. The Kier molecular flexibility index (Phi) is 3.13. The van der Waals surface area contributed by atoms with Crippen molar-refractivity contribution in [2.24, 2.45) is 5.41 Å². The molecule has 1 saturated heterocycles.